The molecule has 0 bridgehead atoms. The van der Waals surface area contributed by atoms with Crippen molar-refractivity contribution >= 4 is 24.3 Å². The summed E-state index contributed by atoms with van der Waals surface area (Å²) in [5.74, 6) is 0.556. The highest BCUT2D eigenvalue weighted by Crippen LogP contribution is 2.12. The number of rotatable bonds is 0. The number of hydrogen-bond acceptors (Lipinski definition) is 6. The number of fused-ring (bicyclic) bond motifs is 1. The molecule has 11 heavy (non-hydrogen) atoms. The van der Waals surface area contributed by atoms with Gasteiger partial charge >= 0.3 is 0 Å². The van der Waals surface area contributed by atoms with Crippen LogP contribution in [0.25, 0.3) is 0 Å². The summed E-state index contributed by atoms with van der Waals surface area (Å²) in [7, 11) is 0. The highest BCUT2D eigenvalue weighted by molar-refractivity contribution is 6.19. The molecule has 0 aromatic heterocycles. The fourth-order valence-electron chi connectivity index (χ4n) is 0.852. The maximum Gasteiger partial charge on any atom is 0.221 e. The summed E-state index contributed by atoms with van der Waals surface area (Å²) in [4.78, 5) is 15.2. The smallest absolute Gasteiger partial charge is 0.221 e. The highest BCUT2D eigenvalue weighted by Gasteiger charge is 2.34. The second-order valence-corrected chi connectivity index (χ2v) is 2.25. The van der Waals surface area contributed by atoms with Crippen molar-refractivity contribution in [1.29, 1.82) is 0 Å². The lowest BCUT2D eigenvalue weighted by Crippen LogP contribution is -2.48. The van der Waals surface area contributed by atoms with Crippen LogP contribution >= 0.6 is 0 Å². The third kappa shape index (κ3) is 0.761. The average Bonchev–Trinajstić information content (AvgIpc) is 2.31. The van der Waals surface area contributed by atoms with Gasteiger partial charge in [0, 0.05) is 0 Å². The maximum atomic E-state index is 5.69. The van der Waals surface area contributed by atoms with Crippen LogP contribution in [0.5, 0.6) is 0 Å². The highest BCUT2D eigenvalue weighted by atomic mass is 15.2. The summed E-state index contributed by atoms with van der Waals surface area (Å²) in [6.45, 7) is 0. The van der Waals surface area contributed by atoms with Crippen LogP contribution in [0.2, 0.25) is 0 Å². The minimum Gasteiger partial charge on any atom is -0.368 e. The molecule has 0 spiro atoms. The molecule has 6 heteroatoms. The van der Waals surface area contributed by atoms with Crippen LogP contribution in [-0.4, -0.2) is 30.0 Å². The fraction of sp³-hybridized carbons (Fsp3) is 0.200. The number of hydrogen-bond donors (Lipinski definition) is 2. The topological polar surface area (TPSA) is 101 Å². The maximum absolute atomic E-state index is 5.69. The molecule has 0 radical (unpaired) electrons. The Morgan fingerprint density at radius 3 is 3.09 bits per heavy atom. The predicted octanol–water partition coefficient (Wildman–Crippen LogP) is -1.52. The molecular weight excluding hydrogens is 144 g/mol. The van der Waals surface area contributed by atoms with Crippen LogP contribution in [0.3, 0.4) is 0 Å². The molecule has 56 valence electrons. The third-order valence-corrected chi connectivity index (χ3v) is 1.42. The first kappa shape index (κ1) is 6.17. The van der Waals surface area contributed by atoms with Crippen molar-refractivity contribution in [2.24, 2.45) is 31.4 Å². The van der Waals surface area contributed by atoms with Crippen molar-refractivity contribution in [3.05, 3.63) is 0 Å². The first-order valence-electron chi connectivity index (χ1n) is 3.01. The van der Waals surface area contributed by atoms with Gasteiger partial charge in [0.1, 0.15) is 6.34 Å². The average molecular weight is 150 g/mol. The third-order valence-electron chi connectivity index (χ3n) is 1.42. The molecule has 4 N–H and O–H groups in total. The molecule has 2 aliphatic heterocycles. The monoisotopic (exact) mass is 150 g/mol. The molecule has 0 fully saturated rings. The van der Waals surface area contributed by atoms with E-state index in [4.69, 9.17) is 11.5 Å². The van der Waals surface area contributed by atoms with E-state index < -0.39 is 5.66 Å². The Morgan fingerprint density at radius 2 is 2.27 bits per heavy atom. The molecule has 2 rings (SSSR count). The zero-order valence-corrected chi connectivity index (χ0v) is 5.60. The van der Waals surface area contributed by atoms with Crippen LogP contribution in [0.1, 0.15) is 0 Å². The molecule has 0 aliphatic carbocycles. The van der Waals surface area contributed by atoms with E-state index in [0.29, 0.717) is 5.84 Å². The molecule has 6 nitrogen and oxygen atoms in total. The first-order valence-corrected chi connectivity index (χ1v) is 3.01. The van der Waals surface area contributed by atoms with Crippen molar-refractivity contribution in [2.45, 2.75) is 5.66 Å². The standard InChI is InChI=1S/C5H6N6/c6-4-8-1-5(7)3(11-4)9-2-10-5/h1-2H,7H2,(H2,6,9,10,11). The molecule has 1 unspecified atom stereocenters. The second kappa shape index (κ2) is 1.73. The molecule has 0 amide bonds. The Balaban J connectivity index is 2.49. The van der Waals surface area contributed by atoms with Gasteiger partial charge in [-0.15, -0.1) is 0 Å². The minimum atomic E-state index is -0.969. The Hall–Kier alpha value is -1.56. The van der Waals surface area contributed by atoms with Gasteiger partial charge in [-0.1, -0.05) is 0 Å². The number of nitrogens with two attached hydrogens (primary N) is 2. The number of guanidine groups is 1. The summed E-state index contributed by atoms with van der Waals surface area (Å²) in [5.41, 5.74) is 10.0. The number of nitrogens with zero attached hydrogens (tertiary/aromatic N) is 4. The van der Waals surface area contributed by atoms with Crippen LogP contribution in [0.4, 0.5) is 0 Å². The zero-order chi connectivity index (χ0) is 7.90. The van der Waals surface area contributed by atoms with Crippen molar-refractivity contribution < 1.29 is 0 Å². The Labute approximate surface area is 62.4 Å². The summed E-state index contributed by atoms with van der Waals surface area (Å²) >= 11 is 0. The normalized spacial score (nSPS) is 33.2. The second-order valence-electron chi connectivity index (χ2n) is 2.25. The molecule has 0 aromatic carbocycles. The largest absolute Gasteiger partial charge is 0.368 e. The van der Waals surface area contributed by atoms with E-state index in [1.807, 2.05) is 0 Å². The molecule has 1 atom stereocenters. The number of aliphatic imine (C=N–C) groups is 4. The molecule has 0 saturated heterocycles. The van der Waals surface area contributed by atoms with Gasteiger partial charge in [0.05, 0.1) is 6.21 Å². The van der Waals surface area contributed by atoms with Gasteiger partial charge in [-0.2, -0.15) is 4.99 Å². The van der Waals surface area contributed by atoms with Gasteiger partial charge < -0.3 is 5.73 Å². The van der Waals surface area contributed by atoms with E-state index in [1.54, 1.807) is 0 Å². The Kier molecular flexibility index (Phi) is 0.970. The fourth-order valence-corrected chi connectivity index (χ4v) is 0.852. The molecule has 0 aromatic rings. The quantitative estimate of drug-likeness (QED) is 0.438. The van der Waals surface area contributed by atoms with Crippen LogP contribution < -0.4 is 11.5 Å². The van der Waals surface area contributed by atoms with E-state index in [9.17, 15) is 0 Å². The van der Waals surface area contributed by atoms with E-state index in [0.717, 1.165) is 0 Å². The lowest BCUT2D eigenvalue weighted by Gasteiger charge is -2.17. The molecule has 2 aliphatic rings. The van der Waals surface area contributed by atoms with Gasteiger partial charge in [0.15, 0.2) is 5.84 Å². The SMILES string of the molecule is NC1=NC2=NC=NC2(N)C=N1. The Bertz CT molecular complexity index is 311. The summed E-state index contributed by atoms with van der Waals surface area (Å²) in [5, 5.41) is 0. The summed E-state index contributed by atoms with van der Waals surface area (Å²) in [6, 6.07) is 0. The van der Waals surface area contributed by atoms with Crippen LogP contribution in [-0.2, 0) is 0 Å². The summed E-state index contributed by atoms with van der Waals surface area (Å²) in [6.07, 6.45) is 2.78. The van der Waals surface area contributed by atoms with E-state index in [2.05, 4.69) is 20.0 Å². The molecule has 2 heterocycles. The van der Waals surface area contributed by atoms with E-state index in [1.165, 1.54) is 12.6 Å². The lowest BCUT2D eigenvalue weighted by molar-refractivity contribution is 0.811. The number of amidine groups is 1. The van der Waals surface area contributed by atoms with Crippen molar-refractivity contribution in [3.63, 3.8) is 0 Å². The van der Waals surface area contributed by atoms with Gasteiger partial charge in [-0.05, 0) is 0 Å². The lowest BCUT2D eigenvalue weighted by atomic mass is 10.2. The predicted molar refractivity (Wildman–Crippen MR) is 43.0 cm³/mol. The summed E-state index contributed by atoms with van der Waals surface area (Å²) < 4.78 is 0. The van der Waals surface area contributed by atoms with Crippen molar-refractivity contribution in [1.82, 2.24) is 0 Å². The molecular formula is C5H6N6. The zero-order valence-electron chi connectivity index (χ0n) is 5.60. The van der Waals surface area contributed by atoms with E-state index in [-0.39, 0.29) is 5.96 Å². The Morgan fingerprint density at radius 1 is 1.45 bits per heavy atom. The van der Waals surface area contributed by atoms with Gasteiger partial charge in [-0.25, -0.2) is 15.0 Å². The van der Waals surface area contributed by atoms with E-state index >= 15 is 0 Å². The van der Waals surface area contributed by atoms with Crippen molar-refractivity contribution in [3.8, 4) is 0 Å². The van der Waals surface area contributed by atoms with Crippen LogP contribution in [0.15, 0.2) is 20.0 Å². The minimum absolute atomic E-state index is 0.162. The molecule has 0 saturated carbocycles. The first-order chi connectivity index (χ1) is 5.21. The van der Waals surface area contributed by atoms with Gasteiger partial charge in [0.25, 0.3) is 0 Å². The van der Waals surface area contributed by atoms with Gasteiger partial charge in [-0.3, -0.25) is 5.73 Å². The van der Waals surface area contributed by atoms with Crippen molar-refractivity contribution in [2.75, 3.05) is 0 Å². The van der Waals surface area contributed by atoms with Gasteiger partial charge in [0.2, 0.25) is 11.6 Å². The van der Waals surface area contributed by atoms with Crippen LogP contribution in [0, 0.1) is 0 Å².